The number of esters is 2. The molecule has 2 saturated heterocycles. The van der Waals surface area contributed by atoms with Gasteiger partial charge in [-0.2, -0.15) is 0 Å². The van der Waals surface area contributed by atoms with Crippen molar-refractivity contribution < 1.29 is 73.8 Å². The highest BCUT2D eigenvalue weighted by Gasteiger charge is 2.47. The van der Waals surface area contributed by atoms with Gasteiger partial charge in [-0.3, -0.25) is 9.59 Å². The normalized spacial score (nSPS) is 27.3. The fraction of sp³-hybridized carbons (Fsp3) is 0.792. The highest BCUT2D eigenvalue weighted by Crippen LogP contribution is 2.26. The number of carbonyl (C=O) groups excluding carboxylic acids is 2. The van der Waals surface area contributed by atoms with E-state index in [1.54, 1.807) is 0 Å². The Labute approximate surface area is 376 Å². The highest BCUT2D eigenvalue weighted by molar-refractivity contribution is 5.70. The lowest BCUT2D eigenvalue weighted by molar-refractivity contribution is -0.332. The molecule has 15 heteroatoms. The van der Waals surface area contributed by atoms with Crippen LogP contribution < -0.4 is 0 Å². The quantitative estimate of drug-likeness (QED) is 0.0235. The molecule has 11 atom stereocenters. The number of aliphatic hydroxyl groups excluding tert-OH is 7. The summed E-state index contributed by atoms with van der Waals surface area (Å²) in [6.45, 7) is 2.31. The molecular weight excluding hydrogens is 817 g/mol. The number of carbonyl (C=O) groups is 2. The van der Waals surface area contributed by atoms with E-state index in [0.29, 0.717) is 12.8 Å². The van der Waals surface area contributed by atoms with Gasteiger partial charge < -0.3 is 64.2 Å². The molecule has 2 aliphatic rings. The zero-order valence-corrected chi connectivity index (χ0v) is 38.0. The summed E-state index contributed by atoms with van der Waals surface area (Å²) in [6.07, 6.45) is 20.9. The van der Waals surface area contributed by atoms with E-state index in [1.807, 2.05) is 0 Å². The molecule has 2 heterocycles. The zero-order chi connectivity index (χ0) is 46.1. The van der Waals surface area contributed by atoms with E-state index in [9.17, 15) is 45.3 Å². The van der Waals surface area contributed by atoms with Crippen LogP contribution in [-0.4, -0.2) is 142 Å². The predicted octanol–water partition coefficient (Wildman–Crippen LogP) is 5.54. The summed E-state index contributed by atoms with van der Waals surface area (Å²) in [5.41, 5.74) is 0. The maximum absolute atomic E-state index is 12.9. The minimum absolute atomic E-state index is 0.158. The molecule has 2 rings (SSSR count). The minimum atomic E-state index is -1.76. The monoisotopic (exact) mass is 899 g/mol. The zero-order valence-electron chi connectivity index (χ0n) is 38.0. The molecule has 0 spiro atoms. The molecule has 0 aliphatic carbocycles. The van der Waals surface area contributed by atoms with Gasteiger partial charge >= 0.3 is 11.9 Å². The van der Waals surface area contributed by atoms with Gasteiger partial charge in [-0.25, -0.2) is 0 Å². The van der Waals surface area contributed by atoms with Crippen molar-refractivity contribution in [2.24, 2.45) is 0 Å². The molecule has 2 aliphatic heterocycles. The van der Waals surface area contributed by atoms with Gasteiger partial charge in [0.2, 0.25) is 0 Å². The molecule has 2 fully saturated rings. The van der Waals surface area contributed by atoms with Crippen LogP contribution in [0.2, 0.25) is 0 Å². The topological polar surface area (TPSA) is 231 Å². The number of rotatable bonds is 35. The molecule has 0 radical (unpaired) electrons. The first-order chi connectivity index (χ1) is 30.5. The van der Waals surface area contributed by atoms with Crippen LogP contribution >= 0.6 is 0 Å². The lowest BCUT2D eigenvalue weighted by Gasteiger charge is -2.42. The van der Waals surface area contributed by atoms with Gasteiger partial charge in [0.1, 0.15) is 55.4 Å². The second-order valence-corrected chi connectivity index (χ2v) is 16.6. The molecular formula is C48H82O15. The van der Waals surface area contributed by atoms with Gasteiger partial charge in [0.25, 0.3) is 0 Å². The Kier molecular flexibility index (Phi) is 32.1. The van der Waals surface area contributed by atoms with Crippen LogP contribution in [0.25, 0.3) is 0 Å². The van der Waals surface area contributed by atoms with Gasteiger partial charge in [-0.15, -0.1) is 0 Å². The summed E-state index contributed by atoms with van der Waals surface area (Å²) >= 11 is 0. The predicted molar refractivity (Wildman–Crippen MR) is 238 cm³/mol. The third-order valence-electron chi connectivity index (χ3n) is 11.1. The minimum Gasteiger partial charge on any atom is -0.462 e. The van der Waals surface area contributed by atoms with Crippen LogP contribution in [0.5, 0.6) is 0 Å². The molecule has 0 aromatic rings. The van der Waals surface area contributed by atoms with Gasteiger partial charge in [0.15, 0.2) is 18.7 Å². The Bertz CT molecular complexity index is 1290. The van der Waals surface area contributed by atoms with Crippen LogP contribution in [0.4, 0.5) is 0 Å². The lowest BCUT2D eigenvalue weighted by Crippen LogP contribution is -2.61. The molecule has 7 N–H and O–H groups in total. The van der Waals surface area contributed by atoms with Gasteiger partial charge in [0.05, 0.1) is 19.8 Å². The number of ether oxygens (including phenoxy) is 6. The lowest BCUT2D eigenvalue weighted by atomic mass is 9.98. The number of unbranched alkanes of at least 4 members (excludes halogenated alkanes) is 13. The maximum atomic E-state index is 12.9. The Morgan fingerprint density at radius 1 is 0.524 bits per heavy atom. The van der Waals surface area contributed by atoms with E-state index in [4.69, 9.17) is 28.4 Å². The van der Waals surface area contributed by atoms with E-state index >= 15 is 0 Å². The summed E-state index contributed by atoms with van der Waals surface area (Å²) in [4.78, 5) is 25.3. The molecule has 0 amide bonds. The van der Waals surface area contributed by atoms with Crippen molar-refractivity contribution in [2.45, 2.75) is 216 Å². The number of hydrogen-bond acceptors (Lipinski definition) is 15. The third kappa shape index (κ3) is 24.5. The van der Waals surface area contributed by atoms with Crippen LogP contribution in [0.15, 0.2) is 48.6 Å². The molecule has 11 unspecified atom stereocenters. The number of hydrogen-bond donors (Lipinski definition) is 7. The molecule has 0 bridgehead atoms. The van der Waals surface area contributed by atoms with E-state index in [1.165, 1.54) is 32.1 Å². The summed E-state index contributed by atoms with van der Waals surface area (Å²) in [5.74, 6) is -0.953. The van der Waals surface area contributed by atoms with E-state index in [-0.39, 0.29) is 26.1 Å². The first-order valence-corrected chi connectivity index (χ1v) is 23.7. The van der Waals surface area contributed by atoms with E-state index in [0.717, 1.165) is 77.0 Å². The average molecular weight is 899 g/mol. The number of aliphatic hydroxyl groups is 7. The van der Waals surface area contributed by atoms with Crippen LogP contribution in [0.3, 0.4) is 0 Å². The number of allylic oxidation sites excluding steroid dienone is 8. The molecule has 0 saturated carbocycles. The SMILES string of the molecule is CC/C=C\C/C=C\C/C=C\C/C=C\CCCCCCCCCCCCC(=O)OC(COC(=O)CCCCCC)COC1OC(COC2OC(CO)C(O)C(O)C2O)C(O)C(O)C1O. The second kappa shape index (κ2) is 35.7. The van der Waals surface area contributed by atoms with Crippen molar-refractivity contribution in [1.82, 2.24) is 0 Å². The summed E-state index contributed by atoms with van der Waals surface area (Å²) < 4.78 is 33.3. The Morgan fingerprint density at radius 3 is 1.57 bits per heavy atom. The Balaban J connectivity index is 1.70. The molecule has 15 nitrogen and oxygen atoms in total. The standard InChI is InChI=1S/C48H82O15/c1-3-5-7-9-10-11-12-13-14-15-16-17-18-19-20-21-22-23-24-25-26-27-29-31-40(51)61-36(33-58-39(50)30-28-8-6-4-2)34-59-47-46(57)44(55)42(53)38(63-47)35-60-48-45(56)43(54)41(52)37(32-49)62-48/h5,7,10-11,13-14,16-17,36-38,41-49,52-57H,3-4,6,8-9,12,15,18-35H2,1-2H3/b7-5-,11-10-,14-13-,17-16-. The average Bonchev–Trinajstić information content (AvgIpc) is 3.28. The molecule has 0 aromatic carbocycles. The van der Waals surface area contributed by atoms with E-state index in [2.05, 4.69) is 62.5 Å². The highest BCUT2D eigenvalue weighted by atomic mass is 16.7. The smallest absolute Gasteiger partial charge is 0.306 e. The third-order valence-corrected chi connectivity index (χ3v) is 11.1. The van der Waals surface area contributed by atoms with Crippen LogP contribution in [-0.2, 0) is 38.0 Å². The van der Waals surface area contributed by atoms with Gasteiger partial charge in [-0.05, 0) is 51.4 Å². The summed E-state index contributed by atoms with van der Waals surface area (Å²) in [6, 6.07) is 0. The van der Waals surface area contributed by atoms with Crippen molar-refractivity contribution >= 4 is 11.9 Å². The summed E-state index contributed by atoms with van der Waals surface area (Å²) in [5, 5.41) is 71.7. The molecule has 63 heavy (non-hydrogen) atoms. The Morgan fingerprint density at radius 2 is 1.00 bits per heavy atom. The first kappa shape index (κ1) is 56.6. The van der Waals surface area contributed by atoms with Crippen molar-refractivity contribution in [3.63, 3.8) is 0 Å². The maximum Gasteiger partial charge on any atom is 0.306 e. The summed E-state index contributed by atoms with van der Waals surface area (Å²) in [7, 11) is 0. The van der Waals surface area contributed by atoms with Crippen molar-refractivity contribution in [1.29, 1.82) is 0 Å². The first-order valence-electron chi connectivity index (χ1n) is 23.7. The van der Waals surface area contributed by atoms with Crippen LogP contribution in [0.1, 0.15) is 149 Å². The van der Waals surface area contributed by atoms with Gasteiger partial charge in [-0.1, -0.05) is 133 Å². The van der Waals surface area contributed by atoms with E-state index < -0.39 is 92.7 Å². The molecule has 364 valence electrons. The Hall–Kier alpha value is -2.54. The fourth-order valence-electron chi connectivity index (χ4n) is 7.15. The second-order valence-electron chi connectivity index (χ2n) is 16.6. The van der Waals surface area contributed by atoms with Crippen molar-refractivity contribution in [3.05, 3.63) is 48.6 Å². The van der Waals surface area contributed by atoms with Gasteiger partial charge in [0, 0.05) is 12.8 Å². The fourth-order valence-corrected chi connectivity index (χ4v) is 7.15. The van der Waals surface area contributed by atoms with Crippen molar-refractivity contribution in [3.8, 4) is 0 Å². The van der Waals surface area contributed by atoms with Crippen molar-refractivity contribution in [2.75, 3.05) is 26.4 Å². The molecule has 0 aromatic heterocycles. The largest absolute Gasteiger partial charge is 0.462 e. The van der Waals surface area contributed by atoms with Crippen LogP contribution in [0, 0.1) is 0 Å².